The number of nitrogens with two attached hydrogens (primary N) is 1. The highest BCUT2D eigenvalue weighted by atomic mass is 16.5. The molecule has 0 unspecified atom stereocenters. The summed E-state index contributed by atoms with van der Waals surface area (Å²) in [5.41, 5.74) is 7.48. The van der Waals surface area contributed by atoms with Gasteiger partial charge in [-0.3, -0.25) is 0 Å². The molecule has 0 saturated heterocycles. The van der Waals surface area contributed by atoms with E-state index in [0.717, 1.165) is 18.5 Å². The Kier molecular flexibility index (Phi) is 4.82. The Bertz CT molecular complexity index is 391. The zero-order valence-corrected chi connectivity index (χ0v) is 10.6. The van der Waals surface area contributed by atoms with Gasteiger partial charge in [0, 0.05) is 17.4 Å². The summed E-state index contributed by atoms with van der Waals surface area (Å²) in [6.07, 6.45) is 2.14. The maximum Gasteiger partial charge on any atom is 0.340 e. The molecule has 4 nitrogen and oxygen atoms in total. The van der Waals surface area contributed by atoms with Crippen LogP contribution in [0.3, 0.4) is 0 Å². The Balaban J connectivity index is 2.94. The number of anilines is 2. The number of methoxy groups -OCH3 is 1. The van der Waals surface area contributed by atoms with Gasteiger partial charge in [-0.05, 0) is 31.5 Å². The minimum absolute atomic E-state index is 0.312. The first kappa shape index (κ1) is 13.4. The van der Waals surface area contributed by atoms with Crippen LogP contribution in [0.4, 0.5) is 11.4 Å². The van der Waals surface area contributed by atoms with Crippen LogP contribution in [0.1, 0.15) is 37.0 Å². The number of ether oxygens (including phenoxy) is 1. The molecule has 0 aliphatic heterocycles. The van der Waals surface area contributed by atoms with Gasteiger partial charge in [0.15, 0.2) is 0 Å². The third-order valence-electron chi connectivity index (χ3n) is 2.57. The van der Waals surface area contributed by atoms with Crippen molar-refractivity contribution in [1.29, 1.82) is 0 Å². The highest BCUT2D eigenvalue weighted by Crippen LogP contribution is 2.21. The second-order valence-electron chi connectivity index (χ2n) is 4.13. The Morgan fingerprint density at radius 2 is 2.24 bits per heavy atom. The number of nitrogens with one attached hydrogen (secondary N) is 1. The normalized spacial score (nSPS) is 11.9. The summed E-state index contributed by atoms with van der Waals surface area (Å²) in [6.45, 7) is 4.21. The summed E-state index contributed by atoms with van der Waals surface area (Å²) in [5, 5.41) is 3.30. The van der Waals surface area contributed by atoms with Gasteiger partial charge in [-0.1, -0.05) is 13.3 Å². The quantitative estimate of drug-likeness (QED) is 0.609. The first-order valence-corrected chi connectivity index (χ1v) is 5.82. The number of carbonyl (C=O) groups excluding carboxylic acids is 1. The molecule has 17 heavy (non-hydrogen) atoms. The van der Waals surface area contributed by atoms with Gasteiger partial charge in [0.25, 0.3) is 0 Å². The molecule has 4 heteroatoms. The zero-order valence-electron chi connectivity index (χ0n) is 10.6. The lowest BCUT2D eigenvalue weighted by Crippen LogP contribution is -2.17. The number of rotatable bonds is 5. The molecule has 1 aromatic rings. The van der Waals surface area contributed by atoms with E-state index < -0.39 is 0 Å². The van der Waals surface area contributed by atoms with Crippen LogP contribution in [0.2, 0.25) is 0 Å². The maximum atomic E-state index is 11.6. The number of nitrogen functional groups attached to an aromatic ring is 1. The van der Waals surface area contributed by atoms with Gasteiger partial charge in [0.05, 0.1) is 12.7 Å². The summed E-state index contributed by atoms with van der Waals surface area (Å²) < 4.78 is 4.74. The fraction of sp³-hybridized carbons (Fsp3) is 0.462. The largest absolute Gasteiger partial charge is 0.465 e. The lowest BCUT2D eigenvalue weighted by molar-refractivity contribution is 0.0602. The Morgan fingerprint density at radius 3 is 2.82 bits per heavy atom. The standard InChI is InChI=1S/C13H20N2O2/c1-4-5-9(2)15-12-7-6-10(14)8-11(12)13(16)17-3/h6-9,15H,4-5,14H2,1-3H3/t9-/m1/s1. The van der Waals surface area contributed by atoms with Gasteiger partial charge in [0.1, 0.15) is 0 Å². The van der Waals surface area contributed by atoms with Gasteiger partial charge in [-0.25, -0.2) is 4.79 Å². The molecule has 0 amide bonds. The molecule has 0 fully saturated rings. The van der Waals surface area contributed by atoms with E-state index in [9.17, 15) is 4.79 Å². The van der Waals surface area contributed by atoms with E-state index in [0.29, 0.717) is 17.3 Å². The van der Waals surface area contributed by atoms with Crippen molar-refractivity contribution >= 4 is 17.3 Å². The first-order valence-electron chi connectivity index (χ1n) is 5.82. The van der Waals surface area contributed by atoms with Crippen LogP contribution in [-0.2, 0) is 4.74 Å². The van der Waals surface area contributed by atoms with Crippen molar-refractivity contribution < 1.29 is 9.53 Å². The number of hydrogen-bond acceptors (Lipinski definition) is 4. The van der Waals surface area contributed by atoms with Gasteiger partial charge < -0.3 is 15.8 Å². The fourth-order valence-corrected chi connectivity index (χ4v) is 1.74. The summed E-state index contributed by atoms with van der Waals surface area (Å²) in [6, 6.07) is 5.53. The van der Waals surface area contributed by atoms with E-state index >= 15 is 0 Å². The molecule has 0 spiro atoms. The molecule has 94 valence electrons. The number of esters is 1. The third-order valence-corrected chi connectivity index (χ3v) is 2.57. The Labute approximate surface area is 102 Å². The average molecular weight is 236 g/mol. The Morgan fingerprint density at radius 1 is 1.53 bits per heavy atom. The summed E-state index contributed by atoms with van der Waals surface area (Å²) in [4.78, 5) is 11.6. The predicted molar refractivity (Wildman–Crippen MR) is 70.2 cm³/mol. The van der Waals surface area contributed by atoms with Crippen LogP contribution >= 0.6 is 0 Å². The van der Waals surface area contributed by atoms with Crippen molar-refractivity contribution in [3.63, 3.8) is 0 Å². The molecule has 1 aromatic carbocycles. The molecule has 0 aliphatic rings. The predicted octanol–water partition coefficient (Wildman–Crippen LogP) is 2.66. The molecule has 0 heterocycles. The molecule has 0 saturated carbocycles. The molecule has 0 bridgehead atoms. The molecular weight excluding hydrogens is 216 g/mol. The first-order chi connectivity index (χ1) is 8.08. The van der Waals surface area contributed by atoms with Gasteiger partial charge in [-0.15, -0.1) is 0 Å². The van der Waals surface area contributed by atoms with Crippen molar-refractivity contribution in [2.24, 2.45) is 0 Å². The molecule has 0 radical (unpaired) electrons. The molecular formula is C13H20N2O2. The second-order valence-corrected chi connectivity index (χ2v) is 4.13. The highest BCUT2D eigenvalue weighted by Gasteiger charge is 2.13. The molecule has 0 aromatic heterocycles. The molecule has 3 N–H and O–H groups in total. The van der Waals surface area contributed by atoms with Gasteiger partial charge >= 0.3 is 5.97 Å². The molecule has 1 rings (SSSR count). The fourth-order valence-electron chi connectivity index (χ4n) is 1.74. The molecule has 1 atom stereocenters. The van der Waals surface area contributed by atoms with E-state index in [4.69, 9.17) is 10.5 Å². The van der Waals surface area contributed by atoms with Crippen LogP contribution in [0.25, 0.3) is 0 Å². The van der Waals surface area contributed by atoms with Gasteiger partial charge in [-0.2, -0.15) is 0 Å². The van der Waals surface area contributed by atoms with Crippen molar-refractivity contribution in [3.05, 3.63) is 23.8 Å². The van der Waals surface area contributed by atoms with E-state index in [1.54, 1.807) is 12.1 Å². The van der Waals surface area contributed by atoms with Gasteiger partial charge in [0.2, 0.25) is 0 Å². The van der Waals surface area contributed by atoms with E-state index in [2.05, 4.69) is 19.2 Å². The van der Waals surface area contributed by atoms with E-state index in [1.807, 2.05) is 6.07 Å². The topological polar surface area (TPSA) is 64.3 Å². The van der Waals surface area contributed by atoms with Crippen LogP contribution in [0.15, 0.2) is 18.2 Å². The SMILES string of the molecule is CCC[C@@H](C)Nc1ccc(N)cc1C(=O)OC. The van der Waals surface area contributed by atoms with Crippen LogP contribution < -0.4 is 11.1 Å². The minimum Gasteiger partial charge on any atom is -0.465 e. The minimum atomic E-state index is -0.372. The highest BCUT2D eigenvalue weighted by molar-refractivity contribution is 5.96. The van der Waals surface area contributed by atoms with Crippen molar-refractivity contribution in [2.75, 3.05) is 18.2 Å². The summed E-state index contributed by atoms with van der Waals surface area (Å²) >= 11 is 0. The second kappa shape index (κ2) is 6.13. The number of benzene rings is 1. The maximum absolute atomic E-state index is 11.6. The third kappa shape index (κ3) is 3.66. The summed E-state index contributed by atoms with van der Waals surface area (Å²) in [7, 11) is 1.37. The van der Waals surface area contributed by atoms with Crippen LogP contribution in [0.5, 0.6) is 0 Å². The average Bonchev–Trinajstić information content (AvgIpc) is 2.30. The van der Waals surface area contributed by atoms with Crippen molar-refractivity contribution in [3.8, 4) is 0 Å². The lowest BCUT2D eigenvalue weighted by Gasteiger charge is -2.17. The zero-order chi connectivity index (χ0) is 12.8. The van der Waals surface area contributed by atoms with E-state index in [-0.39, 0.29) is 5.97 Å². The van der Waals surface area contributed by atoms with Crippen LogP contribution in [0, 0.1) is 0 Å². The number of carbonyl (C=O) groups is 1. The Hall–Kier alpha value is -1.71. The monoisotopic (exact) mass is 236 g/mol. The van der Waals surface area contributed by atoms with Crippen molar-refractivity contribution in [1.82, 2.24) is 0 Å². The van der Waals surface area contributed by atoms with Crippen molar-refractivity contribution in [2.45, 2.75) is 32.7 Å². The smallest absolute Gasteiger partial charge is 0.340 e. The van der Waals surface area contributed by atoms with E-state index in [1.165, 1.54) is 7.11 Å². The van der Waals surface area contributed by atoms with Crippen LogP contribution in [-0.4, -0.2) is 19.1 Å². The summed E-state index contributed by atoms with van der Waals surface area (Å²) in [5.74, 6) is -0.372. The lowest BCUT2D eigenvalue weighted by atomic mass is 10.1. The molecule has 0 aliphatic carbocycles. The number of hydrogen-bond donors (Lipinski definition) is 2.